The predicted molar refractivity (Wildman–Crippen MR) is 74.7 cm³/mol. The summed E-state index contributed by atoms with van der Waals surface area (Å²) in [4.78, 5) is 0. The van der Waals surface area contributed by atoms with Gasteiger partial charge in [0.15, 0.2) is 0 Å². The van der Waals surface area contributed by atoms with E-state index >= 15 is 0 Å². The Labute approximate surface area is 120 Å². The monoisotopic (exact) mass is 296 g/mol. The van der Waals surface area contributed by atoms with Crippen LogP contribution in [-0.4, -0.2) is 24.7 Å². The Kier molecular flexibility index (Phi) is 6.80. The standard InChI is InChI=1S/2C8H14F2/c1-5-3-7(9)6(2)8(10)4-5;1-5-3-4-6(2)8(10)7(5)9/h2*5-8H,3-4H2,1-2H3. The van der Waals surface area contributed by atoms with E-state index in [1.807, 2.05) is 6.92 Å². The average Bonchev–Trinajstić information content (AvgIpc) is 2.39. The highest BCUT2D eigenvalue weighted by molar-refractivity contribution is 4.84. The van der Waals surface area contributed by atoms with Crippen LogP contribution in [-0.2, 0) is 0 Å². The normalized spacial score (nSPS) is 49.2. The van der Waals surface area contributed by atoms with Crippen molar-refractivity contribution < 1.29 is 17.6 Å². The van der Waals surface area contributed by atoms with E-state index < -0.39 is 24.7 Å². The second-order valence-electron chi connectivity index (χ2n) is 6.89. The van der Waals surface area contributed by atoms with Crippen molar-refractivity contribution in [2.75, 3.05) is 0 Å². The van der Waals surface area contributed by atoms with Crippen LogP contribution in [0.4, 0.5) is 17.6 Å². The molecule has 4 heteroatoms. The molecular formula is C16H28F4. The number of alkyl halides is 4. The van der Waals surface area contributed by atoms with Gasteiger partial charge in [-0.2, -0.15) is 0 Å². The molecule has 120 valence electrons. The van der Waals surface area contributed by atoms with E-state index in [0.717, 1.165) is 12.8 Å². The number of hydrogen-bond acceptors (Lipinski definition) is 0. The smallest absolute Gasteiger partial charge is 0.134 e. The van der Waals surface area contributed by atoms with E-state index in [0.29, 0.717) is 12.8 Å². The fraction of sp³-hybridized carbons (Fsp3) is 1.00. The minimum Gasteiger partial charge on any atom is -0.247 e. The predicted octanol–water partition coefficient (Wildman–Crippen LogP) is 5.46. The Balaban J connectivity index is 0.000000200. The highest BCUT2D eigenvalue weighted by Gasteiger charge is 2.35. The lowest BCUT2D eigenvalue weighted by Crippen LogP contribution is -2.35. The zero-order valence-corrected chi connectivity index (χ0v) is 13.0. The van der Waals surface area contributed by atoms with Gasteiger partial charge in [0.25, 0.3) is 0 Å². The average molecular weight is 296 g/mol. The van der Waals surface area contributed by atoms with Gasteiger partial charge < -0.3 is 0 Å². The lowest BCUT2D eigenvalue weighted by molar-refractivity contribution is 0.0367. The van der Waals surface area contributed by atoms with E-state index in [4.69, 9.17) is 0 Å². The summed E-state index contributed by atoms with van der Waals surface area (Å²) in [6.45, 7) is 7.12. The lowest BCUT2D eigenvalue weighted by atomic mass is 9.81. The summed E-state index contributed by atoms with van der Waals surface area (Å²) in [5.74, 6) is -0.310. The molecule has 0 nitrogen and oxygen atoms in total. The molecule has 0 heterocycles. The van der Waals surface area contributed by atoms with Crippen LogP contribution >= 0.6 is 0 Å². The molecule has 0 N–H and O–H groups in total. The summed E-state index contributed by atoms with van der Waals surface area (Å²) >= 11 is 0. The van der Waals surface area contributed by atoms with Crippen LogP contribution in [0.1, 0.15) is 53.4 Å². The molecule has 2 rings (SSSR count). The molecule has 0 radical (unpaired) electrons. The molecule has 2 aliphatic rings. The fourth-order valence-electron chi connectivity index (χ4n) is 2.99. The van der Waals surface area contributed by atoms with Crippen molar-refractivity contribution in [3.8, 4) is 0 Å². The molecule has 0 spiro atoms. The fourth-order valence-corrected chi connectivity index (χ4v) is 2.99. The maximum absolute atomic E-state index is 12.8. The summed E-state index contributed by atoms with van der Waals surface area (Å²) in [5, 5.41) is 0. The second-order valence-corrected chi connectivity index (χ2v) is 6.89. The molecule has 2 saturated carbocycles. The van der Waals surface area contributed by atoms with Crippen molar-refractivity contribution in [3.05, 3.63) is 0 Å². The highest BCUT2D eigenvalue weighted by Crippen LogP contribution is 2.33. The van der Waals surface area contributed by atoms with Crippen LogP contribution in [0.5, 0.6) is 0 Å². The van der Waals surface area contributed by atoms with Crippen LogP contribution < -0.4 is 0 Å². The Hall–Kier alpha value is -0.280. The van der Waals surface area contributed by atoms with Crippen molar-refractivity contribution in [2.24, 2.45) is 23.7 Å². The van der Waals surface area contributed by atoms with Gasteiger partial charge in [-0.05, 0) is 43.4 Å². The van der Waals surface area contributed by atoms with Gasteiger partial charge in [-0.15, -0.1) is 0 Å². The number of halogens is 4. The Morgan fingerprint density at radius 2 is 1.00 bits per heavy atom. The van der Waals surface area contributed by atoms with Gasteiger partial charge in [-0.1, -0.05) is 27.7 Å². The Bertz CT molecular complexity index is 258. The van der Waals surface area contributed by atoms with Crippen molar-refractivity contribution in [3.63, 3.8) is 0 Å². The van der Waals surface area contributed by atoms with Gasteiger partial charge in [-0.25, -0.2) is 17.6 Å². The van der Waals surface area contributed by atoms with Gasteiger partial charge in [0.05, 0.1) is 0 Å². The first-order valence-corrected chi connectivity index (χ1v) is 7.80. The summed E-state index contributed by atoms with van der Waals surface area (Å²) in [6, 6.07) is 0. The largest absolute Gasteiger partial charge is 0.247 e. The third kappa shape index (κ3) is 4.63. The first kappa shape index (κ1) is 17.8. The van der Waals surface area contributed by atoms with Gasteiger partial charge in [0.2, 0.25) is 0 Å². The van der Waals surface area contributed by atoms with Crippen LogP contribution in [0.25, 0.3) is 0 Å². The van der Waals surface area contributed by atoms with E-state index in [2.05, 4.69) is 0 Å². The van der Waals surface area contributed by atoms with Crippen LogP contribution in [0.2, 0.25) is 0 Å². The summed E-state index contributed by atoms with van der Waals surface area (Å²) in [6.07, 6.45) is -1.51. The Morgan fingerprint density at radius 1 is 0.650 bits per heavy atom. The van der Waals surface area contributed by atoms with Crippen molar-refractivity contribution in [1.29, 1.82) is 0 Å². The molecule has 6 atom stereocenters. The number of rotatable bonds is 0. The van der Waals surface area contributed by atoms with E-state index in [-0.39, 0.29) is 23.7 Å². The first-order chi connectivity index (χ1) is 9.23. The number of hydrogen-bond donors (Lipinski definition) is 0. The minimum atomic E-state index is -1.22. The molecule has 0 bridgehead atoms. The second kappa shape index (κ2) is 7.65. The van der Waals surface area contributed by atoms with Crippen molar-refractivity contribution in [2.45, 2.75) is 78.1 Å². The molecule has 0 aromatic carbocycles. The van der Waals surface area contributed by atoms with E-state index in [1.54, 1.807) is 20.8 Å². The van der Waals surface area contributed by atoms with Crippen molar-refractivity contribution in [1.82, 2.24) is 0 Å². The first-order valence-electron chi connectivity index (χ1n) is 7.80. The van der Waals surface area contributed by atoms with Gasteiger partial charge in [0.1, 0.15) is 24.7 Å². The summed E-state index contributed by atoms with van der Waals surface area (Å²) in [5.41, 5.74) is 0. The molecule has 0 aromatic rings. The molecule has 0 amide bonds. The maximum Gasteiger partial charge on any atom is 0.134 e. The van der Waals surface area contributed by atoms with E-state index in [1.165, 1.54) is 0 Å². The van der Waals surface area contributed by atoms with Crippen molar-refractivity contribution >= 4 is 0 Å². The maximum atomic E-state index is 12.8. The molecule has 0 saturated heterocycles. The van der Waals surface area contributed by atoms with Gasteiger partial charge in [0, 0.05) is 5.92 Å². The van der Waals surface area contributed by atoms with Crippen LogP contribution in [0, 0.1) is 23.7 Å². The quantitative estimate of drug-likeness (QED) is 0.521. The third-order valence-electron chi connectivity index (χ3n) is 4.86. The molecule has 20 heavy (non-hydrogen) atoms. The van der Waals surface area contributed by atoms with Gasteiger partial charge in [-0.3, -0.25) is 0 Å². The van der Waals surface area contributed by atoms with Crippen LogP contribution in [0.3, 0.4) is 0 Å². The zero-order chi connectivity index (χ0) is 15.4. The topological polar surface area (TPSA) is 0 Å². The molecule has 2 fully saturated rings. The Morgan fingerprint density at radius 3 is 1.35 bits per heavy atom. The molecule has 2 aliphatic carbocycles. The lowest BCUT2D eigenvalue weighted by Gasteiger charge is -2.30. The van der Waals surface area contributed by atoms with E-state index in [9.17, 15) is 17.6 Å². The minimum absolute atomic E-state index is 0.0776. The molecular weight excluding hydrogens is 268 g/mol. The molecule has 0 aromatic heterocycles. The molecule has 6 unspecified atom stereocenters. The summed E-state index contributed by atoms with van der Waals surface area (Å²) in [7, 11) is 0. The molecule has 0 aliphatic heterocycles. The SMILES string of the molecule is CC1CC(F)C(C)C(F)C1.CC1CCC(C)C(F)C1F. The highest BCUT2D eigenvalue weighted by atomic mass is 19.2. The van der Waals surface area contributed by atoms with Gasteiger partial charge >= 0.3 is 0 Å². The third-order valence-corrected chi connectivity index (χ3v) is 4.86. The summed E-state index contributed by atoms with van der Waals surface area (Å²) < 4.78 is 51.4. The zero-order valence-electron chi connectivity index (χ0n) is 13.0. The van der Waals surface area contributed by atoms with Crippen LogP contribution in [0.15, 0.2) is 0 Å².